The van der Waals surface area contributed by atoms with Crippen LogP contribution in [0, 0.1) is 0 Å². The molecule has 0 saturated heterocycles. The minimum Gasteiger partial charge on any atom is -0.500 e. The minimum absolute atomic E-state index is 0.324. The summed E-state index contributed by atoms with van der Waals surface area (Å²) in [7, 11) is 0. The Balaban J connectivity index is 1.68. The van der Waals surface area contributed by atoms with Crippen molar-refractivity contribution in [2.75, 3.05) is 13.2 Å². The van der Waals surface area contributed by atoms with E-state index in [2.05, 4.69) is 14.8 Å². The van der Waals surface area contributed by atoms with Gasteiger partial charge in [-0.1, -0.05) is 0 Å². The molecule has 0 aromatic heterocycles. The van der Waals surface area contributed by atoms with Crippen LogP contribution in [0.3, 0.4) is 0 Å². The molecule has 0 N–H and O–H groups in total. The summed E-state index contributed by atoms with van der Waals surface area (Å²) in [6, 6.07) is 0. The van der Waals surface area contributed by atoms with Crippen molar-refractivity contribution in [3.8, 4) is 0 Å². The Kier molecular flexibility index (Phi) is 3.61. The molecule has 0 bridgehead atoms. The molecule has 2 rings (SSSR count). The van der Waals surface area contributed by atoms with Crippen LogP contribution in [-0.2, 0) is 33.9 Å². The first kappa shape index (κ1) is 11.5. The van der Waals surface area contributed by atoms with Crippen LogP contribution in [0.4, 0.5) is 0 Å². The van der Waals surface area contributed by atoms with E-state index in [9.17, 15) is 9.59 Å². The van der Waals surface area contributed by atoms with Gasteiger partial charge in [-0.2, -0.15) is 0 Å². The van der Waals surface area contributed by atoms with Crippen LogP contribution >= 0.6 is 0 Å². The van der Waals surface area contributed by atoms with Crippen LogP contribution in [0.2, 0.25) is 0 Å². The van der Waals surface area contributed by atoms with Gasteiger partial charge in [0, 0.05) is 17.9 Å². The molecule has 0 saturated carbocycles. The number of hydrogen-bond donors (Lipinski definition) is 0. The second kappa shape index (κ2) is 5.35. The summed E-state index contributed by atoms with van der Waals surface area (Å²) in [6.07, 6.45) is 3.44. The lowest BCUT2D eigenvalue weighted by Crippen LogP contribution is -2.12. The first-order valence-corrected chi connectivity index (χ1v) is 4.98. The predicted molar refractivity (Wildman–Crippen MR) is 50.6 cm³/mol. The highest BCUT2D eigenvalue weighted by atomic mass is 17.5. The number of hydrogen-bond acceptors (Lipinski definition) is 7. The van der Waals surface area contributed by atoms with Crippen molar-refractivity contribution >= 4 is 11.9 Å². The normalized spacial score (nSPS) is 17.6. The fourth-order valence-corrected chi connectivity index (χ4v) is 1.26. The van der Waals surface area contributed by atoms with E-state index in [1.165, 1.54) is 12.5 Å². The van der Waals surface area contributed by atoms with E-state index < -0.39 is 11.9 Å². The highest BCUT2D eigenvalue weighted by molar-refractivity contribution is 5.89. The summed E-state index contributed by atoms with van der Waals surface area (Å²) < 4.78 is 9.67. The molecule has 2 heterocycles. The summed E-state index contributed by atoms with van der Waals surface area (Å²) in [5.74, 6) is -1.49. The lowest BCUT2D eigenvalue weighted by molar-refractivity contribution is -0.456. The van der Waals surface area contributed by atoms with Crippen LogP contribution in [0.1, 0.15) is 12.8 Å². The minimum atomic E-state index is -0.744. The van der Waals surface area contributed by atoms with Gasteiger partial charge < -0.3 is 9.47 Å². The third kappa shape index (κ3) is 2.97. The second-order valence-electron chi connectivity index (χ2n) is 3.34. The van der Waals surface area contributed by atoms with E-state index in [-0.39, 0.29) is 0 Å². The maximum Gasteiger partial charge on any atom is 0.376 e. The molecule has 17 heavy (non-hydrogen) atoms. The highest BCUT2D eigenvalue weighted by Crippen LogP contribution is 2.14. The zero-order chi connectivity index (χ0) is 12.1. The Bertz CT molecular complexity index is 346. The quantitative estimate of drug-likeness (QED) is 0.525. The van der Waals surface area contributed by atoms with E-state index in [0.717, 1.165) is 0 Å². The lowest BCUT2D eigenvalue weighted by atomic mass is 10.2. The van der Waals surface area contributed by atoms with Crippen molar-refractivity contribution in [1.29, 1.82) is 0 Å². The molecule has 0 aromatic rings. The molecule has 0 fully saturated rings. The molecule has 92 valence electrons. The first-order chi connectivity index (χ1) is 8.27. The summed E-state index contributed by atoms with van der Waals surface area (Å²) in [5.41, 5.74) is 0.647. The van der Waals surface area contributed by atoms with Gasteiger partial charge in [-0.25, -0.2) is 9.59 Å². The summed E-state index contributed by atoms with van der Waals surface area (Å²) in [6.45, 7) is 0.850. The SMILES string of the molecule is O=C(OOOC(=O)C1=COCC1)C1=COCC1. The zero-order valence-electron chi connectivity index (χ0n) is 8.84. The van der Waals surface area contributed by atoms with Gasteiger partial charge in [0.25, 0.3) is 0 Å². The van der Waals surface area contributed by atoms with E-state index in [1.807, 2.05) is 0 Å². The molecule has 0 unspecified atom stereocenters. The molecule has 7 nitrogen and oxygen atoms in total. The van der Waals surface area contributed by atoms with E-state index in [4.69, 9.17) is 9.47 Å². The van der Waals surface area contributed by atoms with Crippen molar-refractivity contribution in [2.45, 2.75) is 12.8 Å². The number of carbonyl (C=O) groups excluding carboxylic acids is 2. The van der Waals surface area contributed by atoms with Gasteiger partial charge in [-0.3, -0.25) is 9.78 Å². The van der Waals surface area contributed by atoms with Gasteiger partial charge >= 0.3 is 11.9 Å². The third-order valence-corrected chi connectivity index (χ3v) is 2.17. The number of ether oxygens (including phenoxy) is 2. The third-order valence-electron chi connectivity index (χ3n) is 2.17. The Morgan fingerprint density at radius 2 is 1.41 bits per heavy atom. The van der Waals surface area contributed by atoms with Gasteiger partial charge in [-0.15, -0.1) is 0 Å². The smallest absolute Gasteiger partial charge is 0.376 e. The monoisotopic (exact) mass is 242 g/mol. The second-order valence-corrected chi connectivity index (χ2v) is 3.34. The predicted octanol–water partition coefficient (Wildman–Crippen LogP) is 0.528. The molecule has 0 atom stereocenters. The fraction of sp³-hybridized carbons (Fsp3) is 0.400. The Morgan fingerprint density at radius 1 is 0.941 bits per heavy atom. The van der Waals surface area contributed by atoms with E-state index in [1.54, 1.807) is 0 Å². The summed E-state index contributed by atoms with van der Waals surface area (Å²) in [4.78, 5) is 31.0. The molecular weight excluding hydrogens is 232 g/mol. The Morgan fingerprint density at radius 3 is 1.76 bits per heavy atom. The van der Waals surface area contributed by atoms with Crippen molar-refractivity contribution in [3.05, 3.63) is 23.7 Å². The summed E-state index contributed by atoms with van der Waals surface area (Å²) in [5, 5.41) is 4.09. The number of rotatable bonds is 4. The van der Waals surface area contributed by atoms with Gasteiger partial charge in [0.1, 0.15) is 0 Å². The van der Waals surface area contributed by atoms with Gasteiger partial charge in [0.15, 0.2) is 0 Å². The summed E-state index contributed by atoms with van der Waals surface area (Å²) >= 11 is 0. The molecule has 7 heteroatoms. The molecule has 0 aromatic carbocycles. The van der Waals surface area contributed by atoms with E-state index >= 15 is 0 Å². The van der Waals surface area contributed by atoms with Crippen LogP contribution in [0.25, 0.3) is 0 Å². The zero-order valence-corrected chi connectivity index (χ0v) is 8.84. The maximum atomic E-state index is 11.2. The van der Waals surface area contributed by atoms with Crippen molar-refractivity contribution in [3.63, 3.8) is 0 Å². The topological polar surface area (TPSA) is 80.3 Å². The molecule has 0 amide bonds. The standard InChI is InChI=1S/C10H10O7/c11-9(7-1-3-13-5-7)15-17-16-10(12)8-2-4-14-6-8/h5-6H,1-4H2. The maximum absolute atomic E-state index is 11.2. The van der Waals surface area contributed by atoms with Crippen molar-refractivity contribution in [2.24, 2.45) is 0 Å². The van der Waals surface area contributed by atoms with E-state index in [0.29, 0.717) is 37.2 Å². The number of carbonyl (C=O) groups is 2. The lowest BCUT2D eigenvalue weighted by Gasteiger charge is -2.01. The Hall–Kier alpha value is -2.02. The van der Waals surface area contributed by atoms with Crippen LogP contribution in [0.15, 0.2) is 23.7 Å². The molecular formula is C10H10O7. The molecule has 0 aliphatic carbocycles. The fourth-order valence-electron chi connectivity index (χ4n) is 1.26. The van der Waals surface area contributed by atoms with Crippen molar-refractivity contribution < 1.29 is 33.9 Å². The van der Waals surface area contributed by atoms with Gasteiger partial charge in [0.2, 0.25) is 0 Å². The van der Waals surface area contributed by atoms with Crippen LogP contribution < -0.4 is 0 Å². The molecule has 0 spiro atoms. The average molecular weight is 242 g/mol. The Labute approximate surface area is 96.4 Å². The first-order valence-electron chi connectivity index (χ1n) is 4.98. The largest absolute Gasteiger partial charge is 0.500 e. The highest BCUT2D eigenvalue weighted by Gasteiger charge is 2.20. The molecule has 0 radical (unpaired) electrons. The van der Waals surface area contributed by atoms with Gasteiger partial charge in [0.05, 0.1) is 36.9 Å². The van der Waals surface area contributed by atoms with Crippen LogP contribution in [0.5, 0.6) is 0 Å². The average Bonchev–Trinajstić information content (AvgIpc) is 3.02. The van der Waals surface area contributed by atoms with Crippen LogP contribution in [-0.4, -0.2) is 25.2 Å². The van der Waals surface area contributed by atoms with Gasteiger partial charge in [-0.05, 0) is 0 Å². The molecule has 2 aliphatic heterocycles. The van der Waals surface area contributed by atoms with Crippen molar-refractivity contribution in [1.82, 2.24) is 0 Å². The molecule has 2 aliphatic rings.